The Morgan fingerprint density at radius 3 is 2.38 bits per heavy atom. The van der Waals surface area contributed by atoms with Gasteiger partial charge in [-0.15, -0.1) is 10.2 Å². The van der Waals surface area contributed by atoms with Crippen LogP contribution in [0.2, 0.25) is 5.02 Å². The van der Waals surface area contributed by atoms with E-state index in [1.54, 1.807) is 16.5 Å². The quantitative estimate of drug-likeness (QED) is 0.546. The van der Waals surface area contributed by atoms with Gasteiger partial charge in [0.25, 0.3) is 5.56 Å². The maximum absolute atomic E-state index is 12.9. The molecule has 0 amide bonds. The highest BCUT2D eigenvalue weighted by molar-refractivity contribution is 7.15. The number of hydrogen-bond acceptors (Lipinski definition) is 5. The molecule has 0 atom stereocenters. The normalized spacial score (nSPS) is 12.0. The van der Waals surface area contributed by atoms with E-state index in [0.29, 0.717) is 20.3 Å². The fourth-order valence-corrected chi connectivity index (χ4v) is 3.71. The summed E-state index contributed by atoms with van der Waals surface area (Å²) in [5.74, 6) is 0.528. The zero-order valence-electron chi connectivity index (χ0n) is 14.2. The van der Waals surface area contributed by atoms with Gasteiger partial charge < -0.3 is 4.90 Å². The van der Waals surface area contributed by atoms with E-state index in [1.165, 1.54) is 11.3 Å². The minimum Gasteiger partial charge on any atom is -0.378 e. The van der Waals surface area contributed by atoms with Crippen LogP contribution in [0, 0.1) is 0 Å². The fraction of sp³-hybridized carbons (Fsp3) is 0.105. The Balaban J connectivity index is 1.81. The van der Waals surface area contributed by atoms with E-state index in [2.05, 4.69) is 10.2 Å². The summed E-state index contributed by atoms with van der Waals surface area (Å²) in [7, 11) is 3.99. The standard InChI is InChI=1S/C19H15ClN4OS/c1-23(2)15-9-3-12(4-10-15)11-16-18(25)24-17(21-22-19(24)26-16)13-5-7-14(20)8-6-13/h3-11H,1-2H3. The molecule has 0 fully saturated rings. The van der Waals surface area contributed by atoms with Crippen molar-refractivity contribution in [1.29, 1.82) is 0 Å². The first kappa shape index (κ1) is 16.8. The van der Waals surface area contributed by atoms with Crippen molar-refractivity contribution in [2.45, 2.75) is 0 Å². The zero-order chi connectivity index (χ0) is 18.3. The highest BCUT2D eigenvalue weighted by atomic mass is 35.5. The van der Waals surface area contributed by atoms with Crippen LogP contribution < -0.4 is 15.0 Å². The van der Waals surface area contributed by atoms with Gasteiger partial charge >= 0.3 is 0 Å². The predicted octanol–water partition coefficient (Wildman–Crippen LogP) is 3.09. The maximum atomic E-state index is 12.9. The van der Waals surface area contributed by atoms with Crippen molar-refractivity contribution in [3.05, 3.63) is 74.0 Å². The molecule has 2 aromatic heterocycles. The van der Waals surface area contributed by atoms with Gasteiger partial charge in [0.15, 0.2) is 5.82 Å². The summed E-state index contributed by atoms with van der Waals surface area (Å²) < 4.78 is 2.18. The van der Waals surface area contributed by atoms with Crippen molar-refractivity contribution in [3.63, 3.8) is 0 Å². The first-order valence-electron chi connectivity index (χ1n) is 7.96. The van der Waals surface area contributed by atoms with Gasteiger partial charge in [0.2, 0.25) is 4.96 Å². The van der Waals surface area contributed by atoms with Gasteiger partial charge in [0, 0.05) is 30.4 Å². The molecule has 0 aliphatic heterocycles. The first-order chi connectivity index (χ1) is 12.5. The number of halogens is 1. The zero-order valence-corrected chi connectivity index (χ0v) is 15.8. The van der Waals surface area contributed by atoms with E-state index in [1.807, 2.05) is 61.5 Å². The molecule has 0 saturated carbocycles. The van der Waals surface area contributed by atoms with Gasteiger partial charge in [-0.1, -0.05) is 35.1 Å². The van der Waals surface area contributed by atoms with Crippen molar-refractivity contribution in [3.8, 4) is 11.4 Å². The highest BCUT2D eigenvalue weighted by Gasteiger charge is 2.14. The molecule has 0 unspecified atom stereocenters. The molecule has 7 heteroatoms. The van der Waals surface area contributed by atoms with Crippen LogP contribution in [0.15, 0.2) is 53.3 Å². The van der Waals surface area contributed by atoms with Crippen LogP contribution in [0.1, 0.15) is 5.56 Å². The second kappa shape index (κ2) is 6.55. The molecule has 4 rings (SSSR count). The van der Waals surface area contributed by atoms with Gasteiger partial charge in [-0.25, -0.2) is 4.40 Å². The lowest BCUT2D eigenvalue weighted by Gasteiger charge is -2.11. The molecule has 0 aliphatic carbocycles. The minimum atomic E-state index is -0.114. The van der Waals surface area contributed by atoms with Crippen LogP contribution in [0.25, 0.3) is 22.4 Å². The van der Waals surface area contributed by atoms with E-state index in [9.17, 15) is 4.79 Å². The second-order valence-corrected chi connectivity index (χ2v) is 7.50. The van der Waals surface area contributed by atoms with Gasteiger partial charge in [-0.05, 0) is 48.0 Å². The monoisotopic (exact) mass is 382 g/mol. The van der Waals surface area contributed by atoms with Crippen molar-refractivity contribution in [2.75, 3.05) is 19.0 Å². The molecular formula is C19H15ClN4OS. The van der Waals surface area contributed by atoms with Crippen LogP contribution >= 0.6 is 22.9 Å². The Kier molecular flexibility index (Phi) is 4.22. The van der Waals surface area contributed by atoms with Crippen LogP contribution in [0.5, 0.6) is 0 Å². The maximum Gasteiger partial charge on any atom is 0.276 e. The third kappa shape index (κ3) is 2.98. The van der Waals surface area contributed by atoms with E-state index in [0.717, 1.165) is 16.8 Å². The molecule has 26 heavy (non-hydrogen) atoms. The summed E-state index contributed by atoms with van der Waals surface area (Å²) in [6, 6.07) is 15.2. The molecule has 2 aromatic carbocycles. The Hall–Kier alpha value is -2.70. The molecule has 0 aliphatic rings. The molecule has 0 N–H and O–H groups in total. The van der Waals surface area contributed by atoms with Gasteiger partial charge in [-0.2, -0.15) is 0 Å². The Morgan fingerprint density at radius 2 is 1.73 bits per heavy atom. The molecule has 4 aromatic rings. The Morgan fingerprint density at radius 1 is 1.04 bits per heavy atom. The SMILES string of the molecule is CN(C)c1ccc(C=c2sc3nnc(-c4ccc(Cl)cc4)n3c2=O)cc1. The number of fused-ring (bicyclic) bond motifs is 1. The van der Waals surface area contributed by atoms with Crippen LogP contribution in [0.3, 0.4) is 0 Å². The van der Waals surface area contributed by atoms with E-state index in [-0.39, 0.29) is 5.56 Å². The van der Waals surface area contributed by atoms with E-state index < -0.39 is 0 Å². The van der Waals surface area contributed by atoms with Crippen molar-refractivity contribution >= 4 is 39.7 Å². The summed E-state index contributed by atoms with van der Waals surface area (Å²) in [4.78, 5) is 15.5. The lowest BCUT2D eigenvalue weighted by molar-refractivity contribution is 1.09. The van der Waals surface area contributed by atoms with E-state index in [4.69, 9.17) is 11.6 Å². The van der Waals surface area contributed by atoms with Gasteiger partial charge in [-0.3, -0.25) is 4.79 Å². The third-order valence-corrected chi connectivity index (χ3v) is 5.27. The van der Waals surface area contributed by atoms with Gasteiger partial charge in [0.1, 0.15) is 0 Å². The molecule has 5 nitrogen and oxygen atoms in total. The number of hydrogen-bond donors (Lipinski definition) is 0. The van der Waals surface area contributed by atoms with Crippen molar-refractivity contribution in [1.82, 2.24) is 14.6 Å². The average Bonchev–Trinajstić information content (AvgIpc) is 3.17. The van der Waals surface area contributed by atoms with Crippen LogP contribution in [-0.4, -0.2) is 28.7 Å². The molecule has 2 heterocycles. The lowest BCUT2D eigenvalue weighted by atomic mass is 10.2. The molecule has 0 radical (unpaired) electrons. The second-order valence-electron chi connectivity index (χ2n) is 6.05. The summed E-state index contributed by atoms with van der Waals surface area (Å²) in [6.07, 6.45) is 1.88. The van der Waals surface area contributed by atoms with Gasteiger partial charge in [0.05, 0.1) is 4.53 Å². The Labute approximate surface area is 158 Å². The predicted molar refractivity (Wildman–Crippen MR) is 107 cm³/mol. The molecule has 0 saturated heterocycles. The third-order valence-electron chi connectivity index (χ3n) is 4.06. The average molecular weight is 383 g/mol. The summed E-state index contributed by atoms with van der Waals surface area (Å²) in [6.45, 7) is 0. The number of thiazole rings is 1. The summed E-state index contributed by atoms with van der Waals surface area (Å²) in [5.41, 5.74) is 2.77. The number of anilines is 1. The molecule has 0 bridgehead atoms. The first-order valence-corrected chi connectivity index (χ1v) is 9.15. The van der Waals surface area contributed by atoms with Crippen molar-refractivity contribution < 1.29 is 0 Å². The summed E-state index contributed by atoms with van der Waals surface area (Å²) >= 11 is 7.27. The number of rotatable bonds is 3. The smallest absolute Gasteiger partial charge is 0.276 e. The largest absolute Gasteiger partial charge is 0.378 e. The minimum absolute atomic E-state index is 0.114. The number of aromatic nitrogens is 3. The number of nitrogens with zero attached hydrogens (tertiary/aromatic N) is 4. The summed E-state index contributed by atoms with van der Waals surface area (Å²) in [5, 5.41) is 8.94. The lowest BCUT2D eigenvalue weighted by Crippen LogP contribution is -2.23. The fourth-order valence-electron chi connectivity index (χ4n) is 2.67. The highest BCUT2D eigenvalue weighted by Crippen LogP contribution is 2.20. The molecule has 0 spiro atoms. The number of benzene rings is 2. The Bertz CT molecular complexity index is 1180. The van der Waals surface area contributed by atoms with Crippen molar-refractivity contribution in [2.24, 2.45) is 0 Å². The van der Waals surface area contributed by atoms with Crippen LogP contribution in [-0.2, 0) is 0 Å². The molecule has 130 valence electrons. The van der Waals surface area contributed by atoms with E-state index >= 15 is 0 Å². The molecular weight excluding hydrogens is 368 g/mol. The van der Waals surface area contributed by atoms with Crippen LogP contribution in [0.4, 0.5) is 5.69 Å². The topological polar surface area (TPSA) is 50.5 Å².